The Morgan fingerprint density at radius 3 is 2.57 bits per heavy atom. The number of carbonyl (C=O) groups excluding carboxylic acids is 1. The average Bonchev–Trinajstić information content (AvgIpc) is 2.43. The molecular formula is C16H23ClN2O2. The van der Waals surface area contributed by atoms with Crippen LogP contribution in [0.15, 0.2) is 24.3 Å². The molecule has 0 bridgehead atoms. The van der Waals surface area contributed by atoms with Gasteiger partial charge in [-0.05, 0) is 50.5 Å². The van der Waals surface area contributed by atoms with Crippen molar-refractivity contribution in [1.29, 1.82) is 0 Å². The maximum Gasteiger partial charge on any atom is 0.254 e. The maximum absolute atomic E-state index is 12.5. The molecule has 0 spiro atoms. The van der Waals surface area contributed by atoms with E-state index in [9.17, 15) is 4.79 Å². The molecule has 1 saturated carbocycles. The summed E-state index contributed by atoms with van der Waals surface area (Å²) in [5.41, 5.74) is 0.750. The molecule has 0 unspecified atom stereocenters. The van der Waals surface area contributed by atoms with Gasteiger partial charge in [0.25, 0.3) is 5.91 Å². The largest absolute Gasteiger partial charge is 0.490 e. The Bertz CT molecular complexity index is 474. The monoisotopic (exact) mass is 310 g/mol. The molecule has 5 heteroatoms. The minimum atomic E-state index is 0. The van der Waals surface area contributed by atoms with Gasteiger partial charge >= 0.3 is 0 Å². The summed E-state index contributed by atoms with van der Waals surface area (Å²) in [5, 5.41) is 3.30. The first-order chi connectivity index (χ1) is 9.74. The number of amides is 1. The van der Waals surface area contributed by atoms with Crippen molar-refractivity contribution in [3.05, 3.63) is 29.8 Å². The topological polar surface area (TPSA) is 41.6 Å². The SMILES string of the molecule is C[C@H]1CNCCN1C(=O)c1ccc(OC2CCC2)cc1.Cl. The molecule has 1 atom stereocenters. The van der Waals surface area contributed by atoms with Crippen LogP contribution in [-0.2, 0) is 0 Å². The fourth-order valence-corrected chi connectivity index (χ4v) is 2.67. The van der Waals surface area contributed by atoms with E-state index < -0.39 is 0 Å². The van der Waals surface area contributed by atoms with Crippen LogP contribution < -0.4 is 10.1 Å². The molecule has 21 heavy (non-hydrogen) atoms. The summed E-state index contributed by atoms with van der Waals surface area (Å²) in [6.07, 6.45) is 3.95. The number of rotatable bonds is 3. The highest BCUT2D eigenvalue weighted by Gasteiger charge is 2.24. The van der Waals surface area contributed by atoms with Crippen molar-refractivity contribution in [2.24, 2.45) is 0 Å². The van der Waals surface area contributed by atoms with Gasteiger partial charge < -0.3 is 15.0 Å². The molecule has 1 saturated heterocycles. The Kier molecular flexibility index (Phi) is 5.48. The van der Waals surface area contributed by atoms with Crippen LogP contribution in [0.5, 0.6) is 5.75 Å². The van der Waals surface area contributed by atoms with E-state index in [1.165, 1.54) is 6.42 Å². The van der Waals surface area contributed by atoms with Gasteiger partial charge in [0.2, 0.25) is 0 Å². The molecule has 1 N–H and O–H groups in total. The molecule has 116 valence electrons. The Morgan fingerprint density at radius 2 is 2.00 bits per heavy atom. The third kappa shape index (κ3) is 3.69. The van der Waals surface area contributed by atoms with Gasteiger partial charge in [0.05, 0.1) is 6.10 Å². The lowest BCUT2D eigenvalue weighted by Crippen LogP contribution is -2.52. The van der Waals surface area contributed by atoms with E-state index >= 15 is 0 Å². The first kappa shape index (κ1) is 16.1. The van der Waals surface area contributed by atoms with Gasteiger partial charge in [-0.15, -0.1) is 12.4 Å². The fourth-order valence-electron chi connectivity index (χ4n) is 2.67. The first-order valence-electron chi connectivity index (χ1n) is 7.52. The van der Waals surface area contributed by atoms with Gasteiger partial charge in [-0.25, -0.2) is 0 Å². The summed E-state index contributed by atoms with van der Waals surface area (Å²) < 4.78 is 5.82. The normalized spacial score (nSPS) is 22.1. The minimum Gasteiger partial charge on any atom is -0.490 e. The molecule has 1 aliphatic heterocycles. The Labute approximate surface area is 132 Å². The van der Waals surface area contributed by atoms with Gasteiger partial charge in [0, 0.05) is 31.2 Å². The maximum atomic E-state index is 12.5. The molecule has 1 heterocycles. The van der Waals surface area contributed by atoms with Crippen molar-refractivity contribution in [3.8, 4) is 5.75 Å². The van der Waals surface area contributed by atoms with Gasteiger partial charge in [0.15, 0.2) is 0 Å². The lowest BCUT2D eigenvalue weighted by atomic mass is 9.96. The third-order valence-corrected chi connectivity index (χ3v) is 4.22. The van der Waals surface area contributed by atoms with E-state index in [2.05, 4.69) is 12.2 Å². The van der Waals surface area contributed by atoms with E-state index in [0.29, 0.717) is 6.10 Å². The highest BCUT2D eigenvalue weighted by Crippen LogP contribution is 2.25. The van der Waals surface area contributed by atoms with Crippen LogP contribution in [0.2, 0.25) is 0 Å². The second kappa shape index (κ2) is 7.14. The Morgan fingerprint density at radius 1 is 1.29 bits per heavy atom. The lowest BCUT2D eigenvalue weighted by Gasteiger charge is -2.34. The molecule has 2 fully saturated rings. The smallest absolute Gasteiger partial charge is 0.254 e. The minimum absolute atomic E-state index is 0. The molecule has 4 nitrogen and oxygen atoms in total. The molecule has 2 aliphatic rings. The van der Waals surface area contributed by atoms with Crippen molar-refractivity contribution in [2.45, 2.75) is 38.3 Å². The number of nitrogens with one attached hydrogen (secondary N) is 1. The van der Waals surface area contributed by atoms with Crippen LogP contribution >= 0.6 is 12.4 Å². The number of halogens is 1. The van der Waals surface area contributed by atoms with E-state index in [0.717, 1.165) is 43.8 Å². The van der Waals surface area contributed by atoms with E-state index in [1.807, 2.05) is 29.2 Å². The number of ether oxygens (including phenoxy) is 1. The average molecular weight is 311 g/mol. The van der Waals surface area contributed by atoms with Crippen LogP contribution in [0.3, 0.4) is 0 Å². The summed E-state index contributed by atoms with van der Waals surface area (Å²) in [6.45, 7) is 4.60. The number of nitrogens with zero attached hydrogens (tertiary/aromatic N) is 1. The van der Waals surface area contributed by atoms with E-state index in [1.54, 1.807) is 0 Å². The third-order valence-electron chi connectivity index (χ3n) is 4.22. The van der Waals surface area contributed by atoms with Crippen molar-refractivity contribution in [3.63, 3.8) is 0 Å². The zero-order chi connectivity index (χ0) is 13.9. The molecule has 3 rings (SSSR count). The number of hydrogen-bond acceptors (Lipinski definition) is 3. The Hall–Kier alpha value is -1.26. The highest BCUT2D eigenvalue weighted by molar-refractivity contribution is 5.94. The van der Waals surface area contributed by atoms with Gasteiger partial charge in [0.1, 0.15) is 5.75 Å². The molecule has 0 radical (unpaired) electrons. The van der Waals surface area contributed by atoms with E-state index in [-0.39, 0.29) is 24.4 Å². The molecule has 1 aliphatic carbocycles. The van der Waals surface area contributed by atoms with E-state index in [4.69, 9.17) is 4.74 Å². The second-order valence-corrected chi connectivity index (χ2v) is 5.75. The summed E-state index contributed by atoms with van der Waals surface area (Å²) >= 11 is 0. The quantitative estimate of drug-likeness (QED) is 0.932. The second-order valence-electron chi connectivity index (χ2n) is 5.75. The summed E-state index contributed by atoms with van der Waals surface area (Å²) in [7, 11) is 0. The van der Waals surface area contributed by atoms with Crippen molar-refractivity contribution in [2.75, 3.05) is 19.6 Å². The van der Waals surface area contributed by atoms with Crippen molar-refractivity contribution < 1.29 is 9.53 Å². The molecule has 0 aromatic heterocycles. The highest BCUT2D eigenvalue weighted by atomic mass is 35.5. The molecule has 1 aromatic carbocycles. The van der Waals surface area contributed by atoms with Crippen LogP contribution in [0, 0.1) is 0 Å². The van der Waals surface area contributed by atoms with Gasteiger partial charge in [-0.2, -0.15) is 0 Å². The standard InChI is InChI=1S/C16H22N2O2.ClH/c1-12-11-17-9-10-18(12)16(19)13-5-7-15(8-6-13)20-14-3-2-4-14;/h5-8,12,14,17H,2-4,9-11H2,1H3;1H/t12-;/m0./s1. The van der Waals surface area contributed by atoms with Gasteiger partial charge in [-0.1, -0.05) is 0 Å². The zero-order valence-corrected chi connectivity index (χ0v) is 13.2. The number of carbonyl (C=O) groups is 1. The van der Waals surface area contributed by atoms with Crippen LogP contribution in [0.25, 0.3) is 0 Å². The van der Waals surface area contributed by atoms with Crippen LogP contribution in [0.1, 0.15) is 36.5 Å². The summed E-state index contributed by atoms with van der Waals surface area (Å²) in [6, 6.07) is 7.84. The predicted octanol–water partition coefficient (Wildman–Crippen LogP) is 2.47. The molecule has 1 aromatic rings. The summed E-state index contributed by atoms with van der Waals surface area (Å²) in [5.74, 6) is 0.994. The van der Waals surface area contributed by atoms with Crippen LogP contribution in [-0.4, -0.2) is 42.6 Å². The number of hydrogen-bond donors (Lipinski definition) is 1. The zero-order valence-electron chi connectivity index (χ0n) is 12.4. The van der Waals surface area contributed by atoms with Crippen molar-refractivity contribution >= 4 is 18.3 Å². The molecular weight excluding hydrogens is 288 g/mol. The number of piperazine rings is 1. The lowest BCUT2D eigenvalue weighted by molar-refractivity contribution is 0.0655. The summed E-state index contributed by atoms with van der Waals surface area (Å²) in [4.78, 5) is 14.4. The Balaban J connectivity index is 0.00000161. The predicted molar refractivity (Wildman–Crippen MR) is 85.3 cm³/mol. The van der Waals surface area contributed by atoms with Crippen LogP contribution in [0.4, 0.5) is 0 Å². The van der Waals surface area contributed by atoms with Crippen molar-refractivity contribution in [1.82, 2.24) is 10.2 Å². The number of benzene rings is 1. The van der Waals surface area contributed by atoms with Gasteiger partial charge in [-0.3, -0.25) is 4.79 Å². The molecule has 1 amide bonds. The first-order valence-corrected chi connectivity index (χ1v) is 7.52. The fraction of sp³-hybridized carbons (Fsp3) is 0.562.